The van der Waals surface area contributed by atoms with Crippen LogP contribution in [0.5, 0.6) is 0 Å². The van der Waals surface area contributed by atoms with Gasteiger partial charge in [-0.05, 0) is 43.0 Å². The highest BCUT2D eigenvalue weighted by molar-refractivity contribution is 9.10. The summed E-state index contributed by atoms with van der Waals surface area (Å²) >= 11 is 5.02. The topological polar surface area (TPSA) is 84.2 Å². The number of anilines is 1. The smallest absolute Gasteiger partial charge is 0.236 e. The molecular weight excluding hydrogens is 402 g/mol. The van der Waals surface area contributed by atoms with Gasteiger partial charge in [-0.3, -0.25) is 9.59 Å². The molecule has 8 heteroatoms. The first-order valence-corrected chi connectivity index (χ1v) is 9.21. The van der Waals surface area contributed by atoms with Gasteiger partial charge >= 0.3 is 0 Å². The van der Waals surface area contributed by atoms with E-state index >= 15 is 0 Å². The van der Waals surface area contributed by atoms with Crippen LogP contribution >= 0.6 is 40.1 Å². The maximum absolute atomic E-state index is 11.9. The number of nitrogens with one attached hydrogen (secondary N) is 2. The third-order valence-electron chi connectivity index (χ3n) is 3.09. The Labute approximate surface area is 156 Å². The Morgan fingerprint density at radius 1 is 1.39 bits per heavy atom. The van der Waals surface area contributed by atoms with E-state index in [-0.39, 0.29) is 37.2 Å². The highest BCUT2D eigenvalue weighted by atomic mass is 79.9. The average molecular weight is 425 g/mol. The van der Waals surface area contributed by atoms with Crippen molar-refractivity contribution in [2.24, 2.45) is 5.73 Å². The van der Waals surface area contributed by atoms with Gasteiger partial charge < -0.3 is 16.4 Å². The molecule has 4 N–H and O–H groups in total. The summed E-state index contributed by atoms with van der Waals surface area (Å²) in [5.41, 5.74) is 7.50. The number of rotatable bonds is 8. The molecule has 1 atom stereocenters. The van der Waals surface area contributed by atoms with Crippen LogP contribution in [-0.4, -0.2) is 36.4 Å². The van der Waals surface area contributed by atoms with Gasteiger partial charge in [-0.2, -0.15) is 11.8 Å². The fraction of sp³-hybridized carbons (Fsp3) is 0.467. The highest BCUT2D eigenvalue weighted by Crippen LogP contribution is 2.20. The summed E-state index contributed by atoms with van der Waals surface area (Å²) < 4.78 is 0.904. The number of carbonyl (C=O) groups is 2. The van der Waals surface area contributed by atoms with E-state index in [9.17, 15) is 9.59 Å². The number of halogens is 2. The molecule has 0 spiro atoms. The van der Waals surface area contributed by atoms with Crippen LogP contribution in [-0.2, 0) is 9.59 Å². The summed E-state index contributed by atoms with van der Waals surface area (Å²) in [6.07, 6.45) is 2.82. The number of hydrogen-bond donors (Lipinski definition) is 3. The van der Waals surface area contributed by atoms with E-state index in [0.29, 0.717) is 6.42 Å². The summed E-state index contributed by atoms with van der Waals surface area (Å²) in [4.78, 5) is 23.6. The maximum atomic E-state index is 11.9. The molecule has 2 amide bonds. The molecule has 0 unspecified atom stereocenters. The van der Waals surface area contributed by atoms with E-state index in [1.54, 1.807) is 11.8 Å². The van der Waals surface area contributed by atoms with Crippen LogP contribution in [0, 0.1) is 6.92 Å². The molecule has 0 saturated carbocycles. The second-order valence-corrected chi connectivity index (χ2v) is 6.84. The third kappa shape index (κ3) is 8.60. The normalized spacial score (nSPS) is 11.3. The molecule has 1 aromatic rings. The summed E-state index contributed by atoms with van der Waals surface area (Å²) in [6, 6.07) is 5.18. The lowest BCUT2D eigenvalue weighted by molar-refractivity contribution is -0.122. The van der Waals surface area contributed by atoms with Crippen LogP contribution in [0.2, 0.25) is 0 Å². The largest absolute Gasteiger partial charge is 0.354 e. The molecule has 0 heterocycles. The second kappa shape index (κ2) is 11.7. The predicted octanol–water partition coefficient (Wildman–Crippen LogP) is 2.70. The maximum Gasteiger partial charge on any atom is 0.236 e. The predicted molar refractivity (Wildman–Crippen MR) is 103 cm³/mol. The van der Waals surface area contributed by atoms with Crippen LogP contribution in [0.15, 0.2) is 22.7 Å². The lowest BCUT2D eigenvalue weighted by Crippen LogP contribution is -2.41. The first kappa shape index (κ1) is 22.2. The quantitative estimate of drug-likeness (QED) is 0.599. The SMILES string of the molecule is CSCC[C@H](N)C(=O)NCCC(=O)Nc1cc(Br)ccc1C.Cl. The second-order valence-electron chi connectivity index (χ2n) is 4.94. The summed E-state index contributed by atoms with van der Waals surface area (Å²) in [5, 5.41) is 5.52. The molecule has 5 nitrogen and oxygen atoms in total. The molecule has 0 aromatic heterocycles. The van der Waals surface area contributed by atoms with Gasteiger partial charge in [-0.1, -0.05) is 22.0 Å². The number of carbonyl (C=O) groups excluding carboxylic acids is 2. The van der Waals surface area contributed by atoms with Gasteiger partial charge in [0.2, 0.25) is 11.8 Å². The molecular formula is C15H23BrClN3O2S. The van der Waals surface area contributed by atoms with Gasteiger partial charge in [0.15, 0.2) is 0 Å². The van der Waals surface area contributed by atoms with E-state index < -0.39 is 6.04 Å². The minimum atomic E-state index is -0.511. The van der Waals surface area contributed by atoms with Gasteiger partial charge in [0.05, 0.1) is 6.04 Å². The van der Waals surface area contributed by atoms with Crippen molar-refractivity contribution in [3.8, 4) is 0 Å². The number of amides is 2. The van der Waals surface area contributed by atoms with Crippen LogP contribution in [0.4, 0.5) is 5.69 Å². The molecule has 1 aromatic carbocycles. The summed E-state index contributed by atoms with van der Waals surface area (Å²) in [7, 11) is 0. The Bertz CT molecular complexity index is 531. The molecule has 0 radical (unpaired) electrons. The third-order valence-corrected chi connectivity index (χ3v) is 4.23. The Balaban J connectivity index is 0.00000484. The summed E-state index contributed by atoms with van der Waals surface area (Å²) in [6.45, 7) is 2.21. The monoisotopic (exact) mass is 423 g/mol. The van der Waals surface area contributed by atoms with E-state index in [1.165, 1.54) is 0 Å². The Kier molecular flexibility index (Phi) is 11.3. The molecule has 0 aliphatic rings. The van der Waals surface area contributed by atoms with Crippen LogP contribution in [0.1, 0.15) is 18.4 Å². The molecule has 23 heavy (non-hydrogen) atoms. The number of nitrogens with two attached hydrogens (primary N) is 1. The van der Waals surface area contributed by atoms with Crippen LogP contribution in [0.3, 0.4) is 0 Å². The first-order valence-electron chi connectivity index (χ1n) is 7.02. The van der Waals surface area contributed by atoms with E-state index in [0.717, 1.165) is 21.5 Å². The fourth-order valence-corrected chi connectivity index (χ4v) is 2.60. The van der Waals surface area contributed by atoms with Gasteiger partial charge in [0.1, 0.15) is 0 Å². The molecule has 0 aliphatic carbocycles. The zero-order chi connectivity index (χ0) is 16.5. The first-order chi connectivity index (χ1) is 10.4. The highest BCUT2D eigenvalue weighted by Gasteiger charge is 2.13. The Morgan fingerprint density at radius 2 is 2.09 bits per heavy atom. The van der Waals surface area contributed by atoms with Gasteiger partial charge in [0.25, 0.3) is 0 Å². The van der Waals surface area contributed by atoms with E-state index in [4.69, 9.17) is 5.73 Å². The number of thioether (sulfide) groups is 1. The Morgan fingerprint density at radius 3 is 2.74 bits per heavy atom. The molecule has 130 valence electrons. The van der Waals surface area contributed by atoms with Crippen molar-refractivity contribution in [3.05, 3.63) is 28.2 Å². The minimum absolute atomic E-state index is 0. The number of aryl methyl sites for hydroxylation is 1. The van der Waals surface area contributed by atoms with Gasteiger partial charge in [-0.15, -0.1) is 12.4 Å². The number of benzene rings is 1. The van der Waals surface area contributed by atoms with Crippen LogP contribution < -0.4 is 16.4 Å². The lowest BCUT2D eigenvalue weighted by atomic mass is 10.2. The van der Waals surface area contributed by atoms with Gasteiger partial charge in [-0.25, -0.2) is 0 Å². The van der Waals surface area contributed by atoms with E-state index in [2.05, 4.69) is 26.6 Å². The molecule has 1 rings (SSSR count). The molecule has 0 saturated heterocycles. The van der Waals surface area contributed by atoms with Crippen LogP contribution in [0.25, 0.3) is 0 Å². The van der Waals surface area contributed by atoms with Crippen molar-refractivity contribution in [1.29, 1.82) is 0 Å². The number of hydrogen-bond acceptors (Lipinski definition) is 4. The van der Waals surface area contributed by atoms with Crippen molar-refractivity contribution >= 4 is 57.6 Å². The van der Waals surface area contributed by atoms with Crippen molar-refractivity contribution in [3.63, 3.8) is 0 Å². The molecule has 0 bridgehead atoms. The van der Waals surface area contributed by atoms with Crippen molar-refractivity contribution in [1.82, 2.24) is 5.32 Å². The molecule has 0 aliphatic heterocycles. The van der Waals surface area contributed by atoms with Gasteiger partial charge in [0, 0.05) is 23.1 Å². The zero-order valence-corrected chi connectivity index (χ0v) is 16.4. The van der Waals surface area contributed by atoms with Crippen molar-refractivity contribution in [2.75, 3.05) is 23.9 Å². The zero-order valence-electron chi connectivity index (χ0n) is 13.2. The van der Waals surface area contributed by atoms with Crippen molar-refractivity contribution in [2.45, 2.75) is 25.8 Å². The fourth-order valence-electron chi connectivity index (χ4n) is 1.75. The average Bonchev–Trinajstić information content (AvgIpc) is 2.48. The summed E-state index contributed by atoms with van der Waals surface area (Å²) in [5.74, 6) is 0.497. The lowest BCUT2D eigenvalue weighted by Gasteiger charge is -2.12. The Hall–Kier alpha value is -0.760. The van der Waals surface area contributed by atoms with Crippen molar-refractivity contribution < 1.29 is 9.59 Å². The minimum Gasteiger partial charge on any atom is -0.354 e. The standard InChI is InChI=1S/C15H22BrN3O2S.ClH/c1-10-3-4-11(16)9-13(10)19-14(20)5-7-18-15(21)12(17)6-8-22-2;/h3-4,9,12H,5-8,17H2,1-2H3,(H,18,21)(H,19,20);1H/t12-;/m0./s1. The van der Waals surface area contributed by atoms with E-state index in [1.807, 2.05) is 31.4 Å². The molecule has 0 fully saturated rings.